The van der Waals surface area contributed by atoms with Gasteiger partial charge in [-0.15, -0.1) is 0 Å². The van der Waals surface area contributed by atoms with Gasteiger partial charge in [0.2, 0.25) is 6.04 Å². The Morgan fingerprint density at radius 3 is 2.25 bits per heavy atom. The van der Waals surface area contributed by atoms with Crippen molar-refractivity contribution in [3.8, 4) is 0 Å². The lowest BCUT2D eigenvalue weighted by atomic mass is 9.83. The largest absolute Gasteiger partial charge is 0.303 e. The van der Waals surface area contributed by atoms with Gasteiger partial charge in [0.05, 0.1) is 5.92 Å². The lowest BCUT2D eigenvalue weighted by Crippen LogP contribution is -2.29. The molecule has 0 N–H and O–H groups in total. The van der Waals surface area contributed by atoms with Crippen LogP contribution in [0.15, 0.2) is 30.3 Å². The van der Waals surface area contributed by atoms with Gasteiger partial charge in [0.15, 0.2) is 0 Å². The molecule has 0 aromatic heterocycles. The predicted molar refractivity (Wildman–Crippen MR) is 60.9 cm³/mol. The van der Waals surface area contributed by atoms with Gasteiger partial charge in [-0.1, -0.05) is 37.3 Å². The maximum atomic E-state index is 10.8. The Hall–Kier alpha value is -1.71. The van der Waals surface area contributed by atoms with Crippen molar-refractivity contribution in [2.24, 2.45) is 5.92 Å². The summed E-state index contributed by atoms with van der Waals surface area (Å²) in [5.41, 5.74) is 0.839. The van der Waals surface area contributed by atoms with E-state index in [0.29, 0.717) is 0 Å². The van der Waals surface area contributed by atoms with E-state index >= 15 is 0 Å². The molecule has 1 rings (SSSR count). The van der Waals surface area contributed by atoms with E-state index in [4.69, 9.17) is 0 Å². The Morgan fingerprint density at radius 1 is 1.25 bits per heavy atom. The van der Waals surface area contributed by atoms with Crippen molar-refractivity contribution in [1.82, 2.24) is 0 Å². The lowest BCUT2D eigenvalue weighted by Gasteiger charge is -2.21. The smallest absolute Gasteiger partial charge is 0.217 e. The summed E-state index contributed by atoms with van der Waals surface area (Å²) >= 11 is 0. The Kier molecular flexibility index (Phi) is 4.17. The van der Waals surface area contributed by atoms with Crippen molar-refractivity contribution in [3.05, 3.63) is 46.0 Å². The van der Waals surface area contributed by atoms with Gasteiger partial charge in [-0.25, -0.2) is 0 Å². The molecular formula is C12H15NO3. The molecule has 0 bridgehead atoms. The van der Waals surface area contributed by atoms with Gasteiger partial charge in [0.1, 0.15) is 6.29 Å². The summed E-state index contributed by atoms with van der Waals surface area (Å²) in [4.78, 5) is 21.3. The van der Waals surface area contributed by atoms with Gasteiger partial charge >= 0.3 is 0 Å². The monoisotopic (exact) mass is 221 g/mol. The molecule has 0 spiro atoms. The van der Waals surface area contributed by atoms with E-state index in [0.717, 1.165) is 11.8 Å². The van der Waals surface area contributed by atoms with E-state index in [-0.39, 0.29) is 16.8 Å². The Balaban J connectivity index is 3.06. The van der Waals surface area contributed by atoms with Crippen molar-refractivity contribution >= 4 is 6.29 Å². The summed E-state index contributed by atoms with van der Waals surface area (Å²) in [6.45, 7) is 3.25. The average molecular weight is 221 g/mol. The van der Waals surface area contributed by atoms with Crippen LogP contribution < -0.4 is 0 Å². The van der Waals surface area contributed by atoms with E-state index in [1.54, 1.807) is 6.92 Å². The van der Waals surface area contributed by atoms with Crippen LogP contribution >= 0.6 is 0 Å². The predicted octanol–water partition coefficient (Wildman–Crippen LogP) is 2.27. The summed E-state index contributed by atoms with van der Waals surface area (Å²) in [6, 6.07) is 8.39. The molecule has 4 nitrogen and oxygen atoms in total. The zero-order chi connectivity index (χ0) is 12.1. The standard InChI is InChI=1S/C12H15NO3/c1-9(8-14)12(10(2)13(15)16)11-6-4-3-5-7-11/h3-10,12H,1-2H3/t9-,10+,12+/m0/s1. The molecule has 3 atom stereocenters. The topological polar surface area (TPSA) is 60.2 Å². The van der Waals surface area contributed by atoms with Gasteiger partial charge in [0, 0.05) is 17.8 Å². The molecule has 1 aromatic carbocycles. The molecule has 0 amide bonds. The molecule has 4 heteroatoms. The molecule has 0 aliphatic carbocycles. The number of benzene rings is 1. The van der Waals surface area contributed by atoms with Gasteiger partial charge in [0.25, 0.3) is 0 Å². The van der Waals surface area contributed by atoms with Crippen molar-refractivity contribution in [2.45, 2.75) is 25.8 Å². The molecule has 0 aliphatic rings. The van der Waals surface area contributed by atoms with Crippen LogP contribution in [0.4, 0.5) is 0 Å². The second-order valence-corrected chi connectivity index (χ2v) is 3.96. The molecule has 0 radical (unpaired) electrons. The lowest BCUT2D eigenvalue weighted by molar-refractivity contribution is -0.523. The van der Waals surface area contributed by atoms with Crippen LogP contribution in [0.1, 0.15) is 25.3 Å². The second-order valence-electron chi connectivity index (χ2n) is 3.96. The highest BCUT2D eigenvalue weighted by atomic mass is 16.6. The molecule has 16 heavy (non-hydrogen) atoms. The van der Waals surface area contributed by atoms with Crippen LogP contribution in [0, 0.1) is 16.0 Å². The molecule has 1 aromatic rings. The van der Waals surface area contributed by atoms with Gasteiger partial charge in [-0.2, -0.15) is 0 Å². The zero-order valence-corrected chi connectivity index (χ0v) is 9.37. The minimum atomic E-state index is -0.761. The first-order valence-electron chi connectivity index (χ1n) is 5.21. The van der Waals surface area contributed by atoms with E-state index in [2.05, 4.69) is 0 Å². The molecule has 0 saturated carbocycles. The highest BCUT2D eigenvalue weighted by Crippen LogP contribution is 2.28. The third kappa shape index (κ3) is 2.66. The van der Waals surface area contributed by atoms with Crippen molar-refractivity contribution < 1.29 is 9.72 Å². The summed E-state index contributed by atoms with van der Waals surface area (Å²) in [5, 5.41) is 10.8. The van der Waals surface area contributed by atoms with E-state index in [1.165, 1.54) is 6.92 Å². The minimum absolute atomic E-state index is 0.336. The van der Waals surface area contributed by atoms with Gasteiger partial charge in [-0.05, 0) is 5.56 Å². The van der Waals surface area contributed by atoms with Crippen LogP contribution in [0.5, 0.6) is 0 Å². The van der Waals surface area contributed by atoms with Gasteiger partial charge in [-0.3, -0.25) is 10.1 Å². The number of hydrogen-bond donors (Lipinski definition) is 0. The first-order valence-corrected chi connectivity index (χ1v) is 5.21. The third-order valence-corrected chi connectivity index (χ3v) is 2.82. The quantitative estimate of drug-likeness (QED) is 0.435. The molecular weight excluding hydrogens is 206 g/mol. The first-order chi connectivity index (χ1) is 7.57. The number of hydrogen-bond acceptors (Lipinski definition) is 3. The normalized spacial score (nSPS) is 16.1. The number of carbonyl (C=O) groups excluding carboxylic acids is 1. The summed E-state index contributed by atoms with van der Waals surface area (Å²) < 4.78 is 0. The SMILES string of the molecule is C[C@H]([C@H](c1ccccc1)[C@@H](C)C=O)[N+](=O)[O-]. The fraction of sp³-hybridized carbons (Fsp3) is 0.417. The first kappa shape index (κ1) is 12.4. The van der Waals surface area contributed by atoms with E-state index in [9.17, 15) is 14.9 Å². The Bertz CT molecular complexity index is 364. The molecule has 0 heterocycles. The Labute approximate surface area is 94.4 Å². The van der Waals surface area contributed by atoms with Gasteiger partial charge < -0.3 is 4.79 Å². The van der Waals surface area contributed by atoms with Crippen LogP contribution in [0.3, 0.4) is 0 Å². The molecule has 86 valence electrons. The summed E-state index contributed by atoms with van der Waals surface area (Å²) in [7, 11) is 0. The number of aldehydes is 1. The minimum Gasteiger partial charge on any atom is -0.303 e. The summed E-state index contributed by atoms with van der Waals surface area (Å²) in [6.07, 6.45) is 0.775. The van der Waals surface area contributed by atoms with Crippen molar-refractivity contribution in [3.63, 3.8) is 0 Å². The van der Waals surface area contributed by atoms with E-state index in [1.807, 2.05) is 30.3 Å². The van der Waals surface area contributed by atoms with Crippen LogP contribution in [0.2, 0.25) is 0 Å². The van der Waals surface area contributed by atoms with Crippen molar-refractivity contribution in [1.29, 1.82) is 0 Å². The number of nitro groups is 1. The van der Waals surface area contributed by atoms with Crippen molar-refractivity contribution in [2.75, 3.05) is 0 Å². The van der Waals surface area contributed by atoms with Crippen LogP contribution in [-0.2, 0) is 4.79 Å². The maximum absolute atomic E-state index is 10.8. The zero-order valence-electron chi connectivity index (χ0n) is 9.37. The third-order valence-electron chi connectivity index (χ3n) is 2.82. The highest BCUT2D eigenvalue weighted by Gasteiger charge is 2.32. The fourth-order valence-electron chi connectivity index (χ4n) is 1.91. The molecule has 0 fully saturated rings. The fourth-order valence-corrected chi connectivity index (χ4v) is 1.91. The number of carbonyl (C=O) groups is 1. The average Bonchev–Trinajstić information content (AvgIpc) is 2.30. The molecule has 0 saturated heterocycles. The Morgan fingerprint density at radius 2 is 1.81 bits per heavy atom. The van der Waals surface area contributed by atoms with Crippen LogP contribution in [-0.4, -0.2) is 17.3 Å². The number of rotatable bonds is 5. The highest BCUT2D eigenvalue weighted by molar-refractivity contribution is 5.55. The number of nitrogens with zero attached hydrogens (tertiary/aromatic N) is 1. The maximum Gasteiger partial charge on any atom is 0.217 e. The second kappa shape index (κ2) is 5.39. The van der Waals surface area contributed by atoms with Crippen LogP contribution in [0.25, 0.3) is 0 Å². The summed E-state index contributed by atoms with van der Waals surface area (Å²) in [5.74, 6) is -0.725. The molecule has 0 aliphatic heterocycles. The molecule has 0 unspecified atom stereocenters. The van der Waals surface area contributed by atoms with E-state index < -0.39 is 6.04 Å².